The quantitative estimate of drug-likeness (QED) is 0.479. The van der Waals surface area contributed by atoms with Gasteiger partial charge in [0.1, 0.15) is 5.75 Å². The normalized spacial score (nSPS) is 24.5. The van der Waals surface area contributed by atoms with Crippen molar-refractivity contribution in [3.05, 3.63) is 77.5 Å². The second-order valence-electron chi connectivity index (χ2n) is 8.68. The average Bonchev–Trinajstić information content (AvgIpc) is 3.09. The van der Waals surface area contributed by atoms with Gasteiger partial charge in [-0.1, -0.05) is 48.5 Å². The number of hydrogen-bond donors (Lipinski definition) is 2. The fraction of sp³-hybridized carbons (Fsp3) is 0.280. The molecule has 6 rings (SSSR count). The van der Waals surface area contributed by atoms with E-state index in [-0.39, 0.29) is 5.41 Å². The zero-order valence-corrected chi connectivity index (χ0v) is 16.1. The van der Waals surface area contributed by atoms with Gasteiger partial charge in [0.2, 0.25) is 0 Å². The summed E-state index contributed by atoms with van der Waals surface area (Å²) in [4.78, 5) is 6.34. The summed E-state index contributed by atoms with van der Waals surface area (Å²) >= 11 is 0. The molecule has 3 nitrogen and oxygen atoms in total. The molecule has 28 heavy (non-hydrogen) atoms. The molecule has 0 amide bonds. The van der Waals surface area contributed by atoms with E-state index in [2.05, 4.69) is 59.4 Å². The summed E-state index contributed by atoms with van der Waals surface area (Å²) in [5, 5.41) is 14.1. The molecule has 1 aliphatic heterocycles. The third-order valence-electron chi connectivity index (χ3n) is 7.19. The van der Waals surface area contributed by atoms with Crippen LogP contribution in [0.1, 0.15) is 35.7 Å². The molecule has 2 aliphatic rings. The minimum atomic E-state index is 0.0968. The van der Waals surface area contributed by atoms with Crippen LogP contribution < -0.4 is 0 Å². The lowest BCUT2D eigenvalue weighted by Crippen LogP contribution is -2.47. The smallest absolute Gasteiger partial charge is 0.115 e. The van der Waals surface area contributed by atoms with Crippen molar-refractivity contribution in [1.29, 1.82) is 0 Å². The third-order valence-corrected chi connectivity index (χ3v) is 7.19. The lowest BCUT2D eigenvalue weighted by Gasteiger charge is -2.49. The van der Waals surface area contributed by atoms with E-state index < -0.39 is 0 Å². The Morgan fingerprint density at radius 2 is 1.93 bits per heavy atom. The number of benzene rings is 3. The number of phenolic OH excluding ortho intramolecular Hbond substituents is 1. The number of phenols is 1. The molecule has 140 valence electrons. The number of piperidine rings is 1. The number of nitrogens with one attached hydrogen (secondary N) is 1. The van der Waals surface area contributed by atoms with Gasteiger partial charge >= 0.3 is 0 Å². The van der Waals surface area contributed by atoms with Gasteiger partial charge in [-0.05, 0) is 61.5 Å². The van der Waals surface area contributed by atoms with Gasteiger partial charge in [0, 0.05) is 27.9 Å². The molecule has 0 radical (unpaired) electrons. The highest BCUT2D eigenvalue weighted by molar-refractivity contribution is 6.07. The van der Waals surface area contributed by atoms with Crippen LogP contribution in [0.25, 0.3) is 21.7 Å². The fourth-order valence-corrected chi connectivity index (χ4v) is 5.73. The van der Waals surface area contributed by atoms with E-state index in [0.717, 1.165) is 25.8 Å². The number of rotatable bonds is 1. The van der Waals surface area contributed by atoms with Crippen LogP contribution in [0.2, 0.25) is 0 Å². The number of hydrogen-bond acceptors (Lipinski definition) is 2. The average molecular weight is 368 g/mol. The van der Waals surface area contributed by atoms with E-state index in [0.29, 0.717) is 11.8 Å². The van der Waals surface area contributed by atoms with Crippen LogP contribution in [-0.2, 0) is 11.8 Å². The van der Waals surface area contributed by atoms with E-state index in [1.165, 1.54) is 38.5 Å². The van der Waals surface area contributed by atoms with E-state index in [9.17, 15) is 5.11 Å². The number of aromatic amines is 1. The third kappa shape index (κ3) is 2.14. The number of aromatic hydroxyl groups is 1. The highest BCUT2D eigenvalue weighted by Crippen LogP contribution is 2.53. The molecule has 1 fully saturated rings. The molecular formula is C25H24N2O. The maximum atomic E-state index is 10.1. The monoisotopic (exact) mass is 368 g/mol. The zero-order chi connectivity index (χ0) is 18.9. The molecular weight excluding hydrogens is 344 g/mol. The molecule has 1 aromatic heterocycles. The summed E-state index contributed by atoms with van der Waals surface area (Å²) in [6.45, 7) is 1.08. The Morgan fingerprint density at radius 1 is 1.04 bits per heavy atom. The summed E-state index contributed by atoms with van der Waals surface area (Å²) in [7, 11) is 2.26. The maximum Gasteiger partial charge on any atom is 0.115 e. The molecule has 4 aromatic rings. The van der Waals surface area contributed by atoms with Gasteiger partial charge in [0.15, 0.2) is 0 Å². The molecule has 0 saturated carbocycles. The molecule has 1 aliphatic carbocycles. The summed E-state index contributed by atoms with van der Waals surface area (Å²) in [6, 6.07) is 21.5. The second kappa shape index (κ2) is 5.62. The van der Waals surface area contributed by atoms with Crippen molar-refractivity contribution >= 4 is 21.7 Å². The zero-order valence-electron chi connectivity index (χ0n) is 16.1. The lowest BCUT2D eigenvalue weighted by molar-refractivity contribution is 0.103. The van der Waals surface area contributed by atoms with Crippen LogP contribution in [0.3, 0.4) is 0 Å². The lowest BCUT2D eigenvalue weighted by atomic mass is 9.63. The van der Waals surface area contributed by atoms with E-state index in [4.69, 9.17) is 0 Å². The minimum Gasteiger partial charge on any atom is -0.508 e. The molecule has 2 N–H and O–H groups in total. The van der Waals surface area contributed by atoms with Crippen LogP contribution in [0.4, 0.5) is 0 Å². The Hall–Kier alpha value is -2.78. The van der Waals surface area contributed by atoms with Gasteiger partial charge in [-0.15, -0.1) is 0 Å². The first-order valence-corrected chi connectivity index (χ1v) is 10.2. The molecule has 1 saturated heterocycles. The van der Waals surface area contributed by atoms with Crippen molar-refractivity contribution < 1.29 is 5.11 Å². The van der Waals surface area contributed by atoms with Crippen molar-refractivity contribution in [2.45, 2.75) is 30.7 Å². The topological polar surface area (TPSA) is 39.3 Å². The molecule has 0 unspecified atom stereocenters. The second-order valence-corrected chi connectivity index (χ2v) is 8.68. The first-order chi connectivity index (χ1) is 13.6. The Balaban J connectivity index is 1.60. The Bertz CT molecular complexity index is 1220. The summed E-state index contributed by atoms with van der Waals surface area (Å²) in [5.41, 5.74) is 5.51. The first kappa shape index (κ1) is 16.2. The Kier molecular flexibility index (Phi) is 3.25. The van der Waals surface area contributed by atoms with Crippen molar-refractivity contribution in [1.82, 2.24) is 9.88 Å². The van der Waals surface area contributed by atoms with Gasteiger partial charge < -0.3 is 10.1 Å². The molecule has 2 bridgehead atoms. The van der Waals surface area contributed by atoms with Crippen LogP contribution in [0.15, 0.2) is 60.7 Å². The largest absolute Gasteiger partial charge is 0.508 e. The summed E-state index contributed by atoms with van der Waals surface area (Å²) < 4.78 is 0. The maximum absolute atomic E-state index is 10.1. The first-order valence-electron chi connectivity index (χ1n) is 10.2. The molecule has 3 aromatic carbocycles. The van der Waals surface area contributed by atoms with Crippen LogP contribution >= 0.6 is 0 Å². The van der Waals surface area contributed by atoms with Crippen molar-refractivity contribution in [3.8, 4) is 5.75 Å². The minimum absolute atomic E-state index is 0.0968. The standard InChI is InChI=1S/C25H24N2O/c1-27-12-11-25(17-6-4-7-18(28)13-17)14-21-23(22(27)15-25)20-10-9-16-5-2-3-8-19(16)24(20)26-21/h2-10,13,22,26,28H,11-12,14-15H2,1H3/t22-,25+/m0/s1. The fourth-order valence-electron chi connectivity index (χ4n) is 5.73. The summed E-state index contributed by atoms with van der Waals surface area (Å²) in [6.07, 6.45) is 3.25. The van der Waals surface area contributed by atoms with Crippen LogP contribution in [-0.4, -0.2) is 28.6 Å². The van der Waals surface area contributed by atoms with Gasteiger partial charge in [-0.3, -0.25) is 4.90 Å². The Labute approximate surface area is 164 Å². The van der Waals surface area contributed by atoms with E-state index in [1.807, 2.05) is 12.1 Å². The SMILES string of the molecule is CN1CC[C@@]2(c3cccc(O)c3)Cc3[nH]c4c(ccc5ccccc54)c3[C@@H]1C2. The van der Waals surface area contributed by atoms with Gasteiger partial charge in [0.25, 0.3) is 0 Å². The van der Waals surface area contributed by atoms with Gasteiger partial charge in [-0.2, -0.15) is 0 Å². The number of H-pyrrole nitrogens is 1. The van der Waals surface area contributed by atoms with Gasteiger partial charge in [0.05, 0.1) is 5.52 Å². The highest BCUT2D eigenvalue weighted by atomic mass is 16.3. The van der Waals surface area contributed by atoms with Gasteiger partial charge in [-0.25, -0.2) is 0 Å². The van der Waals surface area contributed by atoms with E-state index >= 15 is 0 Å². The molecule has 2 heterocycles. The highest BCUT2D eigenvalue weighted by Gasteiger charge is 2.46. The molecule has 2 atom stereocenters. The number of likely N-dealkylation sites (tertiary alicyclic amines) is 1. The van der Waals surface area contributed by atoms with Crippen molar-refractivity contribution in [3.63, 3.8) is 0 Å². The Morgan fingerprint density at radius 3 is 2.82 bits per heavy atom. The number of aromatic nitrogens is 1. The molecule has 0 spiro atoms. The molecule has 3 heteroatoms. The van der Waals surface area contributed by atoms with E-state index in [1.54, 1.807) is 6.07 Å². The van der Waals surface area contributed by atoms with Crippen LogP contribution in [0.5, 0.6) is 5.75 Å². The van der Waals surface area contributed by atoms with Crippen molar-refractivity contribution in [2.24, 2.45) is 0 Å². The van der Waals surface area contributed by atoms with Crippen LogP contribution in [0, 0.1) is 0 Å². The predicted octanol–water partition coefficient (Wildman–Crippen LogP) is 5.29. The van der Waals surface area contributed by atoms with Crippen molar-refractivity contribution in [2.75, 3.05) is 13.6 Å². The number of nitrogens with zero attached hydrogens (tertiary/aromatic N) is 1. The predicted molar refractivity (Wildman–Crippen MR) is 114 cm³/mol. The number of fused-ring (bicyclic) bond motifs is 8. The summed E-state index contributed by atoms with van der Waals surface area (Å²) in [5.74, 6) is 0.371.